The van der Waals surface area contributed by atoms with Gasteiger partial charge in [-0.25, -0.2) is 4.98 Å². The van der Waals surface area contributed by atoms with Crippen molar-refractivity contribution in [3.05, 3.63) is 65.5 Å². The number of thiophene rings is 1. The van der Waals surface area contributed by atoms with Gasteiger partial charge in [0.25, 0.3) is 5.91 Å². The topological polar surface area (TPSA) is 63.9 Å². The molecule has 0 aliphatic carbocycles. The molecule has 0 bridgehead atoms. The lowest BCUT2D eigenvalue weighted by atomic mass is 10.2. The molecule has 0 spiro atoms. The molecule has 0 aliphatic rings. The number of imidazole rings is 1. The van der Waals surface area contributed by atoms with E-state index in [4.69, 9.17) is 11.6 Å². The lowest BCUT2D eigenvalue weighted by Gasteiger charge is -2.17. The van der Waals surface area contributed by atoms with Gasteiger partial charge < -0.3 is 9.47 Å². The van der Waals surface area contributed by atoms with Crippen molar-refractivity contribution in [2.24, 2.45) is 7.05 Å². The molecule has 0 fully saturated rings. The number of hydrogen-bond donors (Lipinski definition) is 0. The number of pyridine rings is 2. The van der Waals surface area contributed by atoms with Crippen LogP contribution in [0, 0.1) is 0 Å². The van der Waals surface area contributed by atoms with Gasteiger partial charge in [-0.3, -0.25) is 14.8 Å². The van der Waals surface area contributed by atoms with E-state index in [2.05, 4.69) is 15.0 Å². The largest absolute Gasteiger partial charge is 0.335 e. The first-order valence-electron chi connectivity index (χ1n) is 8.25. The number of halogens is 1. The second kappa shape index (κ2) is 7.09. The fourth-order valence-electron chi connectivity index (χ4n) is 2.88. The van der Waals surface area contributed by atoms with Crippen LogP contribution in [0.5, 0.6) is 0 Å². The maximum absolute atomic E-state index is 12.8. The first-order chi connectivity index (χ1) is 13.0. The molecule has 0 saturated carbocycles. The van der Waals surface area contributed by atoms with Crippen molar-refractivity contribution in [2.75, 3.05) is 7.05 Å². The first kappa shape index (κ1) is 17.6. The first-order valence-corrected chi connectivity index (χ1v) is 9.44. The maximum Gasteiger partial charge on any atom is 0.289 e. The van der Waals surface area contributed by atoms with Crippen molar-refractivity contribution < 1.29 is 4.79 Å². The highest BCUT2D eigenvalue weighted by Crippen LogP contribution is 2.36. The predicted molar refractivity (Wildman–Crippen MR) is 107 cm³/mol. The second-order valence-corrected chi connectivity index (χ2v) is 7.62. The number of hydrogen-bond acceptors (Lipinski definition) is 5. The normalized spacial score (nSPS) is 11.1. The van der Waals surface area contributed by atoms with E-state index in [9.17, 15) is 4.79 Å². The molecule has 136 valence electrons. The molecule has 4 aromatic rings. The summed E-state index contributed by atoms with van der Waals surface area (Å²) in [6, 6.07) is 7.53. The third-order valence-corrected chi connectivity index (χ3v) is 5.92. The van der Waals surface area contributed by atoms with E-state index >= 15 is 0 Å². The molecule has 4 rings (SSSR count). The molecule has 4 heterocycles. The van der Waals surface area contributed by atoms with Crippen LogP contribution in [0.3, 0.4) is 0 Å². The van der Waals surface area contributed by atoms with Crippen LogP contribution in [0.2, 0.25) is 5.02 Å². The Morgan fingerprint density at radius 2 is 2.00 bits per heavy atom. The van der Waals surface area contributed by atoms with E-state index in [-0.39, 0.29) is 5.91 Å². The van der Waals surface area contributed by atoms with E-state index in [1.807, 2.05) is 29.8 Å². The van der Waals surface area contributed by atoms with Gasteiger partial charge in [-0.05, 0) is 29.8 Å². The number of carbonyl (C=O) groups excluding carboxylic acids is 1. The average Bonchev–Trinajstić information content (AvgIpc) is 3.26. The van der Waals surface area contributed by atoms with Gasteiger partial charge in [0.15, 0.2) is 5.82 Å². The smallest absolute Gasteiger partial charge is 0.289 e. The molecular weight excluding hydrogens is 382 g/mol. The molecule has 0 aromatic carbocycles. The molecule has 27 heavy (non-hydrogen) atoms. The zero-order valence-corrected chi connectivity index (χ0v) is 16.3. The third-order valence-electron chi connectivity index (χ3n) is 4.31. The van der Waals surface area contributed by atoms with Crippen LogP contribution in [0.1, 0.15) is 16.2 Å². The number of rotatable bonds is 4. The minimum atomic E-state index is -0.141. The van der Waals surface area contributed by atoms with Crippen LogP contribution in [-0.4, -0.2) is 37.4 Å². The van der Waals surface area contributed by atoms with E-state index < -0.39 is 0 Å². The Morgan fingerprint density at radius 3 is 2.74 bits per heavy atom. The van der Waals surface area contributed by atoms with Crippen LogP contribution in [0.4, 0.5) is 0 Å². The Balaban J connectivity index is 1.63. The molecule has 1 amide bonds. The van der Waals surface area contributed by atoms with Crippen LogP contribution < -0.4 is 0 Å². The summed E-state index contributed by atoms with van der Waals surface area (Å²) in [5, 5.41) is 0.673. The molecule has 0 aliphatic heterocycles. The lowest BCUT2D eigenvalue weighted by Crippen LogP contribution is -2.28. The van der Waals surface area contributed by atoms with Crippen molar-refractivity contribution in [2.45, 2.75) is 6.54 Å². The molecule has 4 aromatic heterocycles. The highest BCUT2D eigenvalue weighted by Gasteiger charge is 2.20. The van der Waals surface area contributed by atoms with Crippen LogP contribution >= 0.6 is 22.9 Å². The van der Waals surface area contributed by atoms with Crippen molar-refractivity contribution in [3.8, 4) is 10.6 Å². The second-order valence-electron chi connectivity index (χ2n) is 6.16. The summed E-state index contributed by atoms with van der Waals surface area (Å²) < 4.78 is 2.74. The molecule has 0 unspecified atom stereocenters. The molecular formula is C19H16ClN5OS. The highest BCUT2D eigenvalue weighted by atomic mass is 35.5. The highest BCUT2D eigenvalue weighted by molar-refractivity contribution is 7.22. The van der Waals surface area contributed by atoms with Gasteiger partial charge in [0, 0.05) is 39.2 Å². The van der Waals surface area contributed by atoms with Crippen LogP contribution in [0.15, 0.2) is 49.1 Å². The zero-order chi connectivity index (χ0) is 19.0. The van der Waals surface area contributed by atoms with Gasteiger partial charge in [0.2, 0.25) is 0 Å². The van der Waals surface area contributed by atoms with Gasteiger partial charge in [-0.2, -0.15) is 0 Å². The fourth-order valence-corrected chi connectivity index (χ4v) is 4.21. The standard InChI is InChI=1S/C19H16ClN5OS/c1-24(11-12-3-6-21-7-4-12)19(26)18-23-10-15(25(18)2)16-9-14-17(27-16)13(20)5-8-22-14/h3-10H,11H2,1-2H3. The minimum absolute atomic E-state index is 0.141. The number of aromatic nitrogens is 4. The number of fused-ring (bicyclic) bond motifs is 1. The summed E-state index contributed by atoms with van der Waals surface area (Å²) in [6.45, 7) is 0.492. The van der Waals surface area contributed by atoms with Crippen molar-refractivity contribution >= 4 is 39.1 Å². The Bertz CT molecular complexity index is 1120. The van der Waals surface area contributed by atoms with E-state index in [0.717, 1.165) is 26.4 Å². The van der Waals surface area contributed by atoms with Crippen LogP contribution in [-0.2, 0) is 13.6 Å². The molecule has 0 radical (unpaired) electrons. The lowest BCUT2D eigenvalue weighted by molar-refractivity contribution is 0.0769. The van der Waals surface area contributed by atoms with Gasteiger partial charge in [0.05, 0.1) is 32.0 Å². The monoisotopic (exact) mass is 397 g/mol. The fraction of sp³-hybridized carbons (Fsp3) is 0.158. The Labute approximate surface area is 165 Å². The maximum atomic E-state index is 12.8. The van der Waals surface area contributed by atoms with Crippen molar-refractivity contribution in [1.29, 1.82) is 0 Å². The third kappa shape index (κ3) is 3.31. The van der Waals surface area contributed by atoms with E-state index in [1.54, 1.807) is 54.1 Å². The Hall–Kier alpha value is -2.77. The molecule has 0 saturated heterocycles. The number of nitrogens with zero attached hydrogens (tertiary/aromatic N) is 5. The molecule has 6 nitrogen and oxygen atoms in total. The Morgan fingerprint density at radius 1 is 1.22 bits per heavy atom. The van der Waals surface area contributed by atoms with Crippen molar-refractivity contribution in [3.63, 3.8) is 0 Å². The summed E-state index contributed by atoms with van der Waals surface area (Å²) in [6.07, 6.45) is 6.83. The van der Waals surface area contributed by atoms with Gasteiger partial charge >= 0.3 is 0 Å². The van der Waals surface area contributed by atoms with Crippen molar-refractivity contribution in [1.82, 2.24) is 24.4 Å². The summed E-state index contributed by atoms with van der Waals surface area (Å²) in [7, 11) is 3.61. The van der Waals surface area contributed by atoms with Gasteiger partial charge in [0.1, 0.15) is 0 Å². The molecule has 8 heteroatoms. The van der Waals surface area contributed by atoms with Crippen LogP contribution in [0.25, 0.3) is 20.8 Å². The quantitative estimate of drug-likeness (QED) is 0.521. The summed E-state index contributed by atoms with van der Waals surface area (Å²) >= 11 is 7.79. The van der Waals surface area contributed by atoms with Gasteiger partial charge in [-0.1, -0.05) is 11.6 Å². The van der Waals surface area contributed by atoms with Gasteiger partial charge in [-0.15, -0.1) is 11.3 Å². The molecule has 0 N–H and O–H groups in total. The average molecular weight is 398 g/mol. The SMILES string of the molecule is CN(Cc1ccncc1)C(=O)c1ncc(-c2cc3nccc(Cl)c3s2)n1C. The summed E-state index contributed by atoms with van der Waals surface area (Å²) in [4.78, 5) is 28.2. The van der Waals surface area contributed by atoms with E-state index in [1.165, 1.54) is 0 Å². The minimum Gasteiger partial charge on any atom is -0.335 e. The summed E-state index contributed by atoms with van der Waals surface area (Å²) in [5.41, 5.74) is 2.71. The predicted octanol–water partition coefficient (Wildman–Crippen LogP) is 4.02. The number of carbonyl (C=O) groups is 1. The molecule has 0 atom stereocenters. The Kier molecular flexibility index (Phi) is 4.63. The van der Waals surface area contributed by atoms with E-state index in [0.29, 0.717) is 17.4 Å². The summed E-state index contributed by atoms with van der Waals surface area (Å²) in [5.74, 6) is 0.246. The number of amides is 1. The zero-order valence-electron chi connectivity index (χ0n) is 14.8.